The fraction of sp³-hybridized carbons (Fsp3) is 0.286. The molecule has 4 heteroatoms. The maximum absolute atomic E-state index is 14.0. The summed E-state index contributed by atoms with van der Waals surface area (Å²) in [6.45, 7) is 8.34. The Morgan fingerprint density at radius 2 is 1.80 bits per heavy atom. The second kappa shape index (κ2) is 6.71. The summed E-state index contributed by atoms with van der Waals surface area (Å²) in [5, 5.41) is 3.91. The number of halogens is 1. The maximum Gasteiger partial charge on any atom is 0.251 e. The van der Waals surface area contributed by atoms with E-state index in [2.05, 4.69) is 10.3 Å². The van der Waals surface area contributed by atoms with Gasteiger partial charge in [-0.1, -0.05) is 23.8 Å². The highest BCUT2D eigenvalue weighted by molar-refractivity contribution is 5.96. The zero-order valence-electron chi connectivity index (χ0n) is 15.1. The highest BCUT2D eigenvalue weighted by atomic mass is 19.1. The Labute approximate surface area is 147 Å². The summed E-state index contributed by atoms with van der Waals surface area (Å²) in [6, 6.07) is 9.14. The minimum atomic E-state index is -0.241. The van der Waals surface area contributed by atoms with Crippen LogP contribution in [0.25, 0.3) is 10.9 Å². The van der Waals surface area contributed by atoms with Gasteiger partial charge in [0.25, 0.3) is 5.91 Å². The smallest absolute Gasteiger partial charge is 0.251 e. The predicted octanol–water partition coefficient (Wildman–Crippen LogP) is 4.51. The van der Waals surface area contributed by atoms with Crippen LogP contribution in [0.2, 0.25) is 0 Å². The zero-order chi connectivity index (χ0) is 18.1. The lowest BCUT2D eigenvalue weighted by Gasteiger charge is -2.09. The lowest BCUT2D eigenvalue weighted by molar-refractivity contribution is 0.0953. The Kier molecular flexibility index (Phi) is 4.62. The van der Waals surface area contributed by atoms with Crippen molar-refractivity contribution in [1.29, 1.82) is 0 Å². The first kappa shape index (κ1) is 17.2. The van der Waals surface area contributed by atoms with Crippen LogP contribution >= 0.6 is 0 Å². The highest BCUT2D eigenvalue weighted by Crippen LogP contribution is 2.27. The Morgan fingerprint density at radius 3 is 2.56 bits per heavy atom. The number of carbonyl (C=O) groups excluding carboxylic acids is 1. The van der Waals surface area contributed by atoms with E-state index in [-0.39, 0.29) is 11.7 Å². The third kappa shape index (κ3) is 3.29. The van der Waals surface area contributed by atoms with Crippen LogP contribution < -0.4 is 5.32 Å². The Morgan fingerprint density at radius 1 is 1.08 bits per heavy atom. The first-order chi connectivity index (χ1) is 11.9. The van der Waals surface area contributed by atoms with E-state index in [4.69, 9.17) is 0 Å². The number of H-pyrrole nitrogens is 1. The molecule has 0 spiro atoms. The largest absolute Gasteiger partial charge is 0.356 e. The molecule has 0 aliphatic carbocycles. The number of benzene rings is 2. The summed E-state index contributed by atoms with van der Waals surface area (Å²) in [7, 11) is 0. The molecular formula is C21H23FN2O. The van der Waals surface area contributed by atoms with Gasteiger partial charge in [-0.25, -0.2) is 4.39 Å². The lowest BCUT2D eigenvalue weighted by atomic mass is 10.0. The average Bonchev–Trinajstić information content (AvgIpc) is 2.91. The van der Waals surface area contributed by atoms with Crippen LogP contribution in [0.15, 0.2) is 30.3 Å². The summed E-state index contributed by atoms with van der Waals surface area (Å²) in [5.74, 6) is -0.309. The molecule has 0 atom stereocenters. The van der Waals surface area contributed by atoms with Gasteiger partial charge in [0, 0.05) is 23.2 Å². The fourth-order valence-electron chi connectivity index (χ4n) is 3.33. The van der Waals surface area contributed by atoms with Crippen molar-refractivity contribution in [1.82, 2.24) is 10.3 Å². The summed E-state index contributed by atoms with van der Waals surface area (Å²) >= 11 is 0. The molecule has 0 saturated heterocycles. The molecule has 0 radical (unpaired) electrons. The van der Waals surface area contributed by atoms with Gasteiger partial charge in [0.1, 0.15) is 5.82 Å². The van der Waals surface area contributed by atoms with E-state index in [9.17, 15) is 9.18 Å². The van der Waals surface area contributed by atoms with Gasteiger partial charge in [0.2, 0.25) is 0 Å². The van der Waals surface area contributed by atoms with E-state index in [1.807, 2.05) is 45.9 Å². The van der Waals surface area contributed by atoms with Gasteiger partial charge in [-0.3, -0.25) is 4.79 Å². The fourth-order valence-corrected chi connectivity index (χ4v) is 3.33. The van der Waals surface area contributed by atoms with E-state index in [0.717, 1.165) is 33.3 Å². The van der Waals surface area contributed by atoms with Crippen molar-refractivity contribution in [2.24, 2.45) is 0 Å². The SMILES string of the molecule is Cc1ccc(C)c(C(=O)NCCc2c(C)[nH]c3c(F)ccc(C)c23)c1. The van der Waals surface area contributed by atoms with Crippen LogP contribution in [0.3, 0.4) is 0 Å². The molecule has 25 heavy (non-hydrogen) atoms. The number of nitrogens with one attached hydrogen (secondary N) is 2. The predicted molar refractivity (Wildman–Crippen MR) is 99.7 cm³/mol. The van der Waals surface area contributed by atoms with Gasteiger partial charge in [0.15, 0.2) is 0 Å². The van der Waals surface area contributed by atoms with Crippen molar-refractivity contribution < 1.29 is 9.18 Å². The van der Waals surface area contributed by atoms with Crippen molar-refractivity contribution >= 4 is 16.8 Å². The third-order valence-electron chi connectivity index (χ3n) is 4.73. The molecule has 1 aromatic heterocycles. The van der Waals surface area contributed by atoms with Crippen molar-refractivity contribution in [2.45, 2.75) is 34.1 Å². The molecule has 3 nitrogen and oxygen atoms in total. The van der Waals surface area contributed by atoms with Crippen LogP contribution in [0.5, 0.6) is 0 Å². The molecule has 1 amide bonds. The molecule has 130 valence electrons. The standard InChI is InChI=1S/C21H23FN2O/c1-12-5-6-13(2)17(11-12)21(25)23-10-9-16-15(4)24-20-18(22)8-7-14(3)19(16)20/h5-8,11,24H,9-10H2,1-4H3,(H,23,25). The van der Waals surface area contributed by atoms with Gasteiger partial charge in [0.05, 0.1) is 5.52 Å². The number of carbonyl (C=O) groups is 1. The van der Waals surface area contributed by atoms with Crippen LogP contribution in [0.1, 0.15) is 38.3 Å². The monoisotopic (exact) mass is 338 g/mol. The van der Waals surface area contributed by atoms with Gasteiger partial charge < -0.3 is 10.3 Å². The summed E-state index contributed by atoms with van der Waals surface area (Å²) < 4.78 is 14.0. The van der Waals surface area contributed by atoms with Crippen LogP contribution in [-0.2, 0) is 6.42 Å². The van der Waals surface area contributed by atoms with Crippen molar-refractivity contribution in [3.8, 4) is 0 Å². The highest BCUT2D eigenvalue weighted by Gasteiger charge is 2.14. The second-order valence-electron chi connectivity index (χ2n) is 6.67. The van der Waals surface area contributed by atoms with E-state index < -0.39 is 0 Å². The molecule has 2 N–H and O–H groups in total. The normalized spacial score (nSPS) is 11.1. The first-order valence-electron chi connectivity index (χ1n) is 8.50. The van der Waals surface area contributed by atoms with Crippen LogP contribution in [0.4, 0.5) is 4.39 Å². The minimum Gasteiger partial charge on any atom is -0.356 e. The Hall–Kier alpha value is -2.62. The van der Waals surface area contributed by atoms with Gasteiger partial charge in [-0.2, -0.15) is 0 Å². The number of hydrogen-bond donors (Lipinski definition) is 2. The van der Waals surface area contributed by atoms with E-state index in [1.165, 1.54) is 6.07 Å². The quantitative estimate of drug-likeness (QED) is 0.722. The van der Waals surface area contributed by atoms with E-state index in [1.54, 1.807) is 6.07 Å². The Balaban J connectivity index is 1.78. The van der Waals surface area contributed by atoms with Gasteiger partial charge in [-0.05, 0) is 62.9 Å². The van der Waals surface area contributed by atoms with Gasteiger partial charge >= 0.3 is 0 Å². The van der Waals surface area contributed by atoms with Crippen molar-refractivity contribution in [3.05, 3.63) is 69.7 Å². The summed E-state index contributed by atoms with van der Waals surface area (Å²) in [4.78, 5) is 15.6. The lowest BCUT2D eigenvalue weighted by Crippen LogP contribution is -2.26. The number of aromatic nitrogens is 1. The Bertz CT molecular complexity index is 956. The third-order valence-corrected chi connectivity index (χ3v) is 4.73. The molecule has 0 bridgehead atoms. The first-order valence-corrected chi connectivity index (χ1v) is 8.50. The number of rotatable bonds is 4. The molecule has 0 aliphatic rings. The molecule has 0 aliphatic heterocycles. The number of amides is 1. The topological polar surface area (TPSA) is 44.9 Å². The molecular weight excluding hydrogens is 315 g/mol. The molecule has 0 saturated carbocycles. The number of aryl methyl sites for hydroxylation is 4. The van der Waals surface area contributed by atoms with Crippen LogP contribution in [0, 0.1) is 33.5 Å². The number of fused-ring (bicyclic) bond motifs is 1. The molecule has 1 heterocycles. The second-order valence-corrected chi connectivity index (χ2v) is 6.67. The maximum atomic E-state index is 14.0. The van der Waals surface area contributed by atoms with Crippen molar-refractivity contribution in [3.63, 3.8) is 0 Å². The van der Waals surface area contributed by atoms with E-state index in [0.29, 0.717) is 24.0 Å². The minimum absolute atomic E-state index is 0.0680. The molecule has 3 aromatic rings. The summed E-state index contributed by atoms with van der Waals surface area (Å²) in [5.41, 5.74) is 6.33. The zero-order valence-corrected chi connectivity index (χ0v) is 15.1. The molecule has 0 fully saturated rings. The van der Waals surface area contributed by atoms with Gasteiger partial charge in [-0.15, -0.1) is 0 Å². The van der Waals surface area contributed by atoms with Crippen LogP contribution in [-0.4, -0.2) is 17.4 Å². The molecule has 0 unspecified atom stereocenters. The molecule has 3 rings (SSSR count). The summed E-state index contributed by atoms with van der Waals surface area (Å²) in [6.07, 6.45) is 0.659. The number of hydrogen-bond acceptors (Lipinski definition) is 1. The van der Waals surface area contributed by atoms with Crippen molar-refractivity contribution in [2.75, 3.05) is 6.54 Å². The molecule has 2 aromatic carbocycles. The number of aromatic amines is 1. The van der Waals surface area contributed by atoms with E-state index >= 15 is 0 Å². The average molecular weight is 338 g/mol.